The molecule has 1 aromatic heterocycles. The van der Waals surface area contributed by atoms with E-state index in [1.165, 1.54) is 0 Å². The molecule has 0 saturated heterocycles. The number of hydrogen-bond acceptors (Lipinski definition) is 3. The van der Waals surface area contributed by atoms with Crippen LogP contribution in [0.1, 0.15) is 32.0 Å². The number of aromatic nitrogens is 4. The molecular formula is C7H16N5+. The number of tetrazole rings is 1. The summed E-state index contributed by atoms with van der Waals surface area (Å²) in [5, 5.41) is 12.1. The average Bonchev–Trinajstić information content (AvgIpc) is 2.48. The first kappa shape index (κ1) is 9.12. The van der Waals surface area contributed by atoms with Gasteiger partial charge >= 0.3 is 0 Å². The van der Waals surface area contributed by atoms with Crippen molar-refractivity contribution in [3.63, 3.8) is 0 Å². The molecule has 0 atom stereocenters. The zero-order valence-corrected chi connectivity index (χ0v) is 7.69. The van der Waals surface area contributed by atoms with Gasteiger partial charge in [0.15, 0.2) is 5.82 Å². The monoisotopic (exact) mass is 170 g/mol. The van der Waals surface area contributed by atoms with Crippen molar-refractivity contribution in [1.29, 1.82) is 0 Å². The first-order chi connectivity index (χ1) is 5.74. The van der Waals surface area contributed by atoms with Crippen molar-refractivity contribution in [2.24, 2.45) is 0 Å². The van der Waals surface area contributed by atoms with Gasteiger partial charge in [-0.05, 0) is 5.21 Å². The van der Waals surface area contributed by atoms with Crippen molar-refractivity contribution in [2.75, 3.05) is 6.54 Å². The summed E-state index contributed by atoms with van der Waals surface area (Å²) >= 11 is 0. The molecule has 0 amide bonds. The van der Waals surface area contributed by atoms with Crippen molar-refractivity contribution in [2.45, 2.75) is 32.7 Å². The molecule has 12 heavy (non-hydrogen) atoms. The predicted molar refractivity (Wildman–Crippen MR) is 44.3 cm³/mol. The molecule has 0 aliphatic rings. The van der Waals surface area contributed by atoms with E-state index in [-0.39, 0.29) is 0 Å². The minimum absolute atomic E-state index is 0.360. The second kappa shape index (κ2) is 4.15. The summed E-state index contributed by atoms with van der Waals surface area (Å²) in [5.74, 6) is 1.18. The van der Waals surface area contributed by atoms with Gasteiger partial charge in [-0.3, -0.25) is 0 Å². The van der Waals surface area contributed by atoms with Gasteiger partial charge in [-0.15, -0.1) is 10.2 Å². The second-order valence-corrected chi connectivity index (χ2v) is 3.11. The van der Waals surface area contributed by atoms with Gasteiger partial charge in [0, 0.05) is 12.3 Å². The van der Waals surface area contributed by atoms with E-state index in [9.17, 15) is 0 Å². The van der Waals surface area contributed by atoms with Crippen LogP contribution in [0, 0.1) is 0 Å². The highest BCUT2D eigenvalue weighted by Crippen LogP contribution is 2.05. The van der Waals surface area contributed by atoms with E-state index in [1.54, 1.807) is 4.80 Å². The minimum atomic E-state index is 0.360. The quantitative estimate of drug-likeness (QED) is 0.657. The Hall–Kier alpha value is -0.970. The van der Waals surface area contributed by atoms with Gasteiger partial charge in [0.25, 0.3) is 0 Å². The summed E-state index contributed by atoms with van der Waals surface area (Å²) in [4.78, 5) is 1.64. The van der Waals surface area contributed by atoms with Crippen LogP contribution in [0.25, 0.3) is 0 Å². The fraction of sp³-hybridized carbons (Fsp3) is 0.857. The molecule has 0 bridgehead atoms. The molecule has 1 heterocycles. The van der Waals surface area contributed by atoms with Crippen molar-refractivity contribution in [3.05, 3.63) is 5.82 Å². The van der Waals surface area contributed by atoms with E-state index in [0.29, 0.717) is 5.92 Å². The Morgan fingerprint density at radius 3 is 2.75 bits per heavy atom. The molecule has 1 rings (SSSR count). The summed E-state index contributed by atoms with van der Waals surface area (Å²) in [6, 6.07) is 0. The average molecular weight is 170 g/mol. The first-order valence-electron chi connectivity index (χ1n) is 4.31. The Bertz CT molecular complexity index is 229. The van der Waals surface area contributed by atoms with E-state index < -0.39 is 0 Å². The topological polar surface area (TPSA) is 71.2 Å². The van der Waals surface area contributed by atoms with Gasteiger partial charge in [0.2, 0.25) is 0 Å². The van der Waals surface area contributed by atoms with Gasteiger partial charge < -0.3 is 5.73 Å². The Morgan fingerprint density at radius 1 is 1.50 bits per heavy atom. The Labute approximate surface area is 71.9 Å². The molecule has 5 heteroatoms. The lowest BCUT2D eigenvalue weighted by atomic mass is 10.2. The SMILES string of the molecule is CC(C)c1nnn(CCC[NH3+])n1. The minimum Gasteiger partial charge on any atom is -0.358 e. The fourth-order valence-electron chi connectivity index (χ4n) is 0.835. The number of nitrogens with zero attached hydrogens (tertiary/aromatic N) is 4. The van der Waals surface area contributed by atoms with Crippen molar-refractivity contribution >= 4 is 0 Å². The lowest BCUT2D eigenvalue weighted by molar-refractivity contribution is -0.368. The normalized spacial score (nSPS) is 11.0. The molecule has 0 aliphatic carbocycles. The van der Waals surface area contributed by atoms with Gasteiger partial charge in [0.1, 0.15) is 0 Å². The zero-order valence-electron chi connectivity index (χ0n) is 7.69. The van der Waals surface area contributed by atoms with Gasteiger partial charge in [-0.2, -0.15) is 4.80 Å². The third-order valence-electron chi connectivity index (χ3n) is 1.59. The van der Waals surface area contributed by atoms with Crippen LogP contribution in [0.3, 0.4) is 0 Å². The van der Waals surface area contributed by atoms with E-state index >= 15 is 0 Å². The molecule has 0 aliphatic heterocycles. The van der Waals surface area contributed by atoms with Crippen molar-refractivity contribution in [1.82, 2.24) is 20.2 Å². The fourth-order valence-corrected chi connectivity index (χ4v) is 0.835. The van der Waals surface area contributed by atoms with E-state index in [4.69, 9.17) is 0 Å². The molecule has 0 spiro atoms. The lowest BCUT2D eigenvalue weighted by Crippen LogP contribution is -2.50. The molecule has 0 fully saturated rings. The Morgan fingerprint density at radius 2 is 2.25 bits per heavy atom. The van der Waals surface area contributed by atoms with Gasteiger partial charge in [0.05, 0.1) is 13.1 Å². The highest BCUT2D eigenvalue weighted by atomic mass is 15.6. The van der Waals surface area contributed by atoms with Crippen molar-refractivity contribution in [3.8, 4) is 0 Å². The lowest BCUT2D eigenvalue weighted by Gasteiger charge is -1.94. The van der Waals surface area contributed by atoms with E-state index in [2.05, 4.69) is 35.0 Å². The molecule has 5 nitrogen and oxygen atoms in total. The Kier molecular flexibility index (Phi) is 3.16. The van der Waals surface area contributed by atoms with Crippen LogP contribution in [0.2, 0.25) is 0 Å². The smallest absolute Gasteiger partial charge is 0.177 e. The third-order valence-corrected chi connectivity index (χ3v) is 1.59. The molecule has 68 valence electrons. The summed E-state index contributed by atoms with van der Waals surface area (Å²) in [6.45, 7) is 5.85. The van der Waals surface area contributed by atoms with Crippen LogP contribution in [0.5, 0.6) is 0 Å². The van der Waals surface area contributed by atoms with E-state index in [0.717, 1.165) is 25.3 Å². The van der Waals surface area contributed by atoms with Crippen LogP contribution in [-0.2, 0) is 6.54 Å². The molecular weight excluding hydrogens is 154 g/mol. The summed E-state index contributed by atoms with van der Waals surface area (Å²) in [5.41, 5.74) is 3.75. The highest BCUT2D eigenvalue weighted by Gasteiger charge is 2.05. The molecule has 0 unspecified atom stereocenters. The first-order valence-corrected chi connectivity index (χ1v) is 4.31. The molecule has 3 N–H and O–H groups in total. The van der Waals surface area contributed by atoms with Gasteiger partial charge in [-0.1, -0.05) is 13.8 Å². The summed E-state index contributed by atoms with van der Waals surface area (Å²) < 4.78 is 0. The summed E-state index contributed by atoms with van der Waals surface area (Å²) in [7, 11) is 0. The number of aryl methyl sites for hydroxylation is 1. The standard InChI is InChI=1S/C7H15N5/c1-6(2)7-9-11-12(10-7)5-3-4-8/h6H,3-5,8H2,1-2H3/p+1. The van der Waals surface area contributed by atoms with Crippen molar-refractivity contribution < 1.29 is 5.73 Å². The third kappa shape index (κ3) is 2.27. The molecule has 0 aromatic carbocycles. The maximum absolute atomic E-state index is 4.21. The number of quaternary nitrogens is 1. The second-order valence-electron chi connectivity index (χ2n) is 3.11. The maximum atomic E-state index is 4.21. The van der Waals surface area contributed by atoms with Crippen LogP contribution < -0.4 is 5.73 Å². The van der Waals surface area contributed by atoms with E-state index in [1.807, 2.05) is 0 Å². The van der Waals surface area contributed by atoms with Crippen LogP contribution in [0.4, 0.5) is 0 Å². The van der Waals surface area contributed by atoms with Crippen LogP contribution >= 0.6 is 0 Å². The summed E-state index contributed by atoms with van der Waals surface area (Å²) in [6.07, 6.45) is 1.01. The largest absolute Gasteiger partial charge is 0.358 e. The highest BCUT2D eigenvalue weighted by molar-refractivity contribution is 4.84. The zero-order chi connectivity index (χ0) is 8.97. The van der Waals surface area contributed by atoms with Gasteiger partial charge in [-0.25, -0.2) is 0 Å². The van der Waals surface area contributed by atoms with Crippen LogP contribution in [-0.4, -0.2) is 26.8 Å². The molecule has 0 saturated carbocycles. The van der Waals surface area contributed by atoms with Crippen LogP contribution in [0.15, 0.2) is 0 Å². The predicted octanol–water partition coefficient (Wildman–Crippen LogP) is -0.571. The molecule has 1 aromatic rings. The Balaban J connectivity index is 2.52. The number of rotatable bonds is 4. The molecule has 0 radical (unpaired) electrons. The number of hydrogen-bond donors (Lipinski definition) is 1. The maximum Gasteiger partial charge on any atom is 0.177 e.